The molecule has 0 unspecified atom stereocenters. The van der Waals surface area contributed by atoms with Gasteiger partial charge in [0.15, 0.2) is 0 Å². The van der Waals surface area contributed by atoms with Crippen LogP contribution in [0.3, 0.4) is 0 Å². The van der Waals surface area contributed by atoms with Gasteiger partial charge in [-0.15, -0.1) is 0 Å². The summed E-state index contributed by atoms with van der Waals surface area (Å²) in [7, 11) is 1.76. The fourth-order valence-electron chi connectivity index (χ4n) is 0.623. The highest BCUT2D eigenvalue weighted by molar-refractivity contribution is 6.32. The number of hydrogen-bond donors (Lipinski definition) is 2. The fraction of sp³-hybridized carbons (Fsp3) is 0.200. The molecule has 0 aliphatic rings. The molecule has 50 valence electrons. The molecule has 4 N–H and O–H groups in total. The lowest BCUT2D eigenvalue weighted by molar-refractivity contribution is 0.943. The maximum atomic E-state index is 5.66. The largest absolute Gasteiger partial charge is 0.396 e. The van der Waals surface area contributed by atoms with Gasteiger partial charge in [-0.05, 0) is 0 Å². The molecule has 0 spiro atoms. The average molecular weight is 146 g/mol. The molecule has 0 atom stereocenters. The Morgan fingerprint density at radius 2 is 2.11 bits per heavy atom. The van der Waals surface area contributed by atoms with Gasteiger partial charge in [0.2, 0.25) is 0 Å². The summed E-state index contributed by atoms with van der Waals surface area (Å²) in [4.78, 5) is 0. The zero-order valence-electron chi connectivity index (χ0n) is 5.06. The fourth-order valence-corrected chi connectivity index (χ4v) is 0.775. The summed E-state index contributed by atoms with van der Waals surface area (Å²) in [6.45, 7) is 0. The molecule has 0 bridgehead atoms. The van der Waals surface area contributed by atoms with E-state index in [1.165, 1.54) is 0 Å². The number of anilines is 2. The number of nitrogen functional groups attached to an aromatic ring is 2. The molecule has 0 amide bonds. The van der Waals surface area contributed by atoms with Crippen LogP contribution < -0.4 is 11.5 Å². The molecule has 0 aliphatic carbocycles. The molecule has 1 aromatic heterocycles. The Morgan fingerprint density at radius 3 is 2.22 bits per heavy atom. The van der Waals surface area contributed by atoms with E-state index in [9.17, 15) is 0 Å². The molecule has 0 radical (unpaired) electrons. The lowest BCUT2D eigenvalue weighted by Gasteiger charge is -1.94. The number of rotatable bonds is 0. The van der Waals surface area contributed by atoms with E-state index in [0.29, 0.717) is 16.7 Å². The summed E-state index contributed by atoms with van der Waals surface area (Å²) in [5.41, 5.74) is 11.4. The minimum atomic E-state index is 0.493. The van der Waals surface area contributed by atoms with Crippen molar-refractivity contribution in [1.29, 1.82) is 0 Å². The van der Waals surface area contributed by atoms with Crippen molar-refractivity contribution in [2.45, 2.75) is 0 Å². The van der Waals surface area contributed by atoms with Crippen LogP contribution in [0.25, 0.3) is 0 Å². The Morgan fingerprint density at radius 1 is 1.56 bits per heavy atom. The van der Waals surface area contributed by atoms with E-state index < -0.39 is 0 Å². The SMILES string of the molecule is Cn1c(N)cc(N)c1Cl. The maximum Gasteiger partial charge on any atom is 0.133 e. The number of nitrogens with zero attached hydrogens (tertiary/aromatic N) is 1. The van der Waals surface area contributed by atoms with Gasteiger partial charge in [-0.3, -0.25) is 0 Å². The monoisotopic (exact) mass is 145 g/mol. The molecule has 9 heavy (non-hydrogen) atoms. The van der Waals surface area contributed by atoms with E-state index >= 15 is 0 Å². The average Bonchev–Trinajstić information content (AvgIpc) is 1.98. The van der Waals surface area contributed by atoms with Crippen molar-refractivity contribution in [3.8, 4) is 0 Å². The molecule has 1 heterocycles. The van der Waals surface area contributed by atoms with Crippen LogP contribution in [0.4, 0.5) is 11.5 Å². The quantitative estimate of drug-likeness (QED) is 0.569. The second kappa shape index (κ2) is 1.84. The van der Waals surface area contributed by atoms with Crippen LogP contribution >= 0.6 is 11.6 Å². The summed E-state index contributed by atoms with van der Waals surface area (Å²) in [5, 5.41) is 0.493. The van der Waals surface area contributed by atoms with Crippen LogP contribution in [0.2, 0.25) is 5.15 Å². The van der Waals surface area contributed by atoms with E-state index in [0.717, 1.165) is 0 Å². The normalized spacial score (nSPS) is 10.0. The molecule has 0 saturated carbocycles. The van der Waals surface area contributed by atoms with Gasteiger partial charge in [0, 0.05) is 13.1 Å². The summed E-state index contributed by atoms with van der Waals surface area (Å²) < 4.78 is 1.62. The van der Waals surface area contributed by atoms with Crippen molar-refractivity contribution in [3.63, 3.8) is 0 Å². The van der Waals surface area contributed by atoms with Crippen molar-refractivity contribution in [2.75, 3.05) is 11.5 Å². The Kier molecular flexibility index (Phi) is 1.29. The van der Waals surface area contributed by atoms with Crippen molar-refractivity contribution in [2.24, 2.45) is 7.05 Å². The highest BCUT2D eigenvalue weighted by atomic mass is 35.5. The zero-order valence-corrected chi connectivity index (χ0v) is 5.81. The first-order valence-corrected chi connectivity index (χ1v) is 2.87. The standard InChI is InChI=1S/C5H8ClN3/c1-9-4(8)2-3(7)5(9)6/h2H,7-8H2,1H3. The van der Waals surface area contributed by atoms with Crippen molar-refractivity contribution in [1.82, 2.24) is 4.57 Å². The first kappa shape index (κ1) is 6.29. The van der Waals surface area contributed by atoms with Gasteiger partial charge in [-0.25, -0.2) is 0 Å². The smallest absolute Gasteiger partial charge is 0.133 e. The van der Waals surface area contributed by atoms with E-state index in [4.69, 9.17) is 23.1 Å². The van der Waals surface area contributed by atoms with Crippen LogP contribution in [-0.2, 0) is 7.05 Å². The van der Waals surface area contributed by atoms with Gasteiger partial charge in [-0.2, -0.15) is 0 Å². The molecule has 0 aliphatic heterocycles. The Labute approximate surface area is 58.2 Å². The second-order valence-electron chi connectivity index (χ2n) is 1.87. The van der Waals surface area contributed by atoms with Gasteiger partial charge in [0.1, 0.15) is 11.0 Å². The second-order valence-corrected chi connectivity index (χ2v) is 2.23. The lowest BCUT2D eigenvalue weighted by atomic mass is 10.5. The number of aromatic nitrogens is 1. The van der Waals surface area contributed by atoms with Gasteiger partial charge >= 0.3 is 0 Å². The summed E-state index contributed by atoms with van der Waals surface area (Å²) >= 11 is 5.66. The summed E-state index contributed by atoms with van der Waals surface area (Å²) in [6.07, 6.45) is 0. The third-order valence-corrected chi connectivity index (χ3v) is 1.70. The molecule has 4 heteroatoms. The minimum absolute atomic E-state index is 0.493. The third kappa shape index (κ3) is 0.833. The minimum Gasteiger partial charge on any atom is -0.396 e. The van der Waals surface area contributed by atoms with Gasteiger partial charge in [0.05, 0.1) is 5.69 Å². The predicted octanol–water partition coefficient (Wildman–Crippen LogP) is 0.843. The number of nitrogens with two attached hydrogens (primary N) is 2. The first-order chi connectivity index (χ1) is 4.13. The molecule has 0 fully saturated rings. The van der Waals surface area contributed by atoms with Gasteiger partial charge in [0.25, 0.3) is 0 Å². The highest BCUT2D eigenvalue weighted by Gasteiger charge is 2.02. The molecule has 0 saturated heterocycles. The van der Waals surface area contributed by atoms with Crippen LogP contribution in [0, 0.1) is 0 Å². The van der Waals surface area contributed by atoms with Gasteiger partial charge < -0.3 is 16.0 Å². The van der Waals surface area contributed by atoms with Crippen LogP contribution in [-0.4, -0.2) is 4.57 Å². The molecular weight excluding hydrogens is 138 g/mol. The van der Waals surface area contributed by atoms with E-state index in [1.807, 2.05) is 0 Å². The van der Waals surface area contributed by atoms with E-state index in [1.54, 1.807) is 17.7 Å². The number of hydrogen-bond acceptors (Lipinski definition) is 2. The van der Waals surface area contributed by atoms with Crippen LogP contribution in [0.5, 0.6) is 0 Å². The molecule has 3 nitrogen and oxygen atoms in total. The lowest BCUT2D eigenvalue weighted by Crippen LogP contribution is -1.94. The summed E-state index contributed by atoms with van der Waals surface area (Å²) in [6, 6.07) is 1.63. The maximum absolute atomic E-state index is 5.66. The van der Waals surface area contributed by atoms with Crippen molar-refractivity contribution < 1.29 is 0 Å². The van der Waals surface area contributed by atoms with Gasteiger partial charge in [-0.1, -0.05) is 11.6 Å². The van der Waals surface area contributed by atoms with E-state index in [-0.39, 0.29) is 0 Å². The molecule has 0 aromatic carbocycles. The van der Waals surface area contributed by atoms with Crippen molar-refractivity contribution in [3.05, 3.63) is 11.2 Å². The Hall–Kier alpha value is -0.830. The third-order valence-electron chi connectivity index (χ3n) is 1.22. The Bertz CT molecular complexity index is 206. The summed E-state index contributed by atoms with van der Waals surface area (Å²) in [5.74, 6) is 0.581. The van der Waals surface area contributed by atoms with Crippen LogP contribution in [0.1, 0.15) is 0 Å². The number of halogens is 1. The highest BCUT2D eigenvalue weighted by Crippen LogP contribution is 2.22. The molecule has 1 rings (SSSR count). The topological polar surface area (TPSA) is 57.0 Å². The van der Waals surface area contributed by atoms with Crippen LogP contribution in [0.15, 0.2) is 6.07 Å². The van der Waals surface area contributed by atoms with Crippen molar-refractivity contribution >= 4 is 23.1 Å². The Balaban J connectivity index is 3.29. The zero-order chi connectivity index (χ0) is 7.02. The first-order valence-electron chi connectivity index (χ1n) is 2.49. The van der Waals surface area contributed by atoms with E-state index in [2.05, 4.69) is 0 Å². The molecule has 1 aromatic rings. The predicted molar refractivity (Wildman–Crippen MR) is 39.2 cm³/mol. The molecular formula is C5H8ClN3.